The summed E-state index contributed by atoms with van der Waals surface area (Å²) < 4.78 is 5.33. The van der Waals surface area contributed by atoms with Gasteiger partial charge in [-0.1, -0.05) is 6.42 Å². The number of aliphatic hydroxyl groups is 1. The summed E-state index contributed by atoms with van der Waals surface area (Å²) in [5.41, 5.74) is 5.52. The molecule has 0 unspecified atom stereocenters. The maximum Gasteiger partial charge on any atom is 0.235 e. The van der Waals surface area contributed by atoms with Crippen LogP contribution in [-0.4, -0.2) is 21.9 Å². The monoisotopic (exact) mass is 183 g/mol. The molecule has 1 aliphatic carbocycles. The summed E-state index contributed by atoms with van der Waals surface area (Å²) in [6, 6.07) is -0.540. The second-order valence-electron chi connectivity index (χ2n) is 3.40. The van der Waals surface area contributed by atoms with E-state index in [1.54, 1.807) is 0 Å². The predicted molar refractivity (Wildman–Crippen MR) is 44.9 cm³/mol. The second-order valence-corrected chi connectivity index (χ2v) is 3.40. The molecule has 1 atom stereocenters. The first kappa shape index (κ1) is 8.65. The number of nitrogens with zero attached hydrogens (tertiary/aromatic N) is 2. The molecule has 1 saturated carbocycles. The van der Waals surface area contributed by atoms with Gasteiger partial charge < -0.3 is 15.3 Å². The molecule has 0 amide bonds. The quantitative estimate of drug-likeness (QED) is 0.705. The van der Waals surface area contributed by atoms with Crippen molar-refractivity contribution in [3.05, 3.63) is 11.8 Å². The van der Waals surface area contributed by atoms with E-state index in [9.17, 15) is 0 Å². The summed E-state index contributed by atoms with van der Waals surface area (Å²) in [6.07, 6.45) is 3.47. The Kier molecular flexibility index (Phi) is 2.28. The number of hydrogen-bond donors (Lipinski definition) is 2. The van der Waals surface area contributed by atoms with Crippen LogP contribution >= 0.6 is 0 Å². The van der Waals surface area contributed by atoms with Gasteiger partial charge in [-0.2, -0.15) is 0 Å². The molecule has 13 heavy (non-hydrogen) atoms. The molecule has 3 N–H and O–H groups in total. The third-order valence-electron chi connectivity index (χ3n) is 2.42. The zero-order valence-corrected chi connectivity index (χ0v) is 7.31. The largest absolute Gasteiger partial charge is 0.423 e. The van der Waals surface area contributed by atoms with Gasteiger partial charge in [0, 0.05) is 5.92 Å². The predicted octanol–water partition coefficient (Wildman–Crippen LogP) is 0.329. The van der Waals surface area contributed by atoms with Gasteiger partial charge in [0.05, 0.1) is 6.61 Å². The van der Waals surface area contributed by atoms with Crippen LogP contribution in [0.1, 0.15) is 43.0 Å². The Hall–Kier alpha value is -0.940. The van der Waals surface area contributed by atoms with Crippen molar-refractivity contribution in [3.63, 3.8) is 0 Å². The number of nitrogens with two attached hydrogens (primary N) is 1. The maximum atomic E-state index is 8.75. The lowest BCUT2D eigenvalue weighted by Crippen LogP contribution is -2.14. The lowest BCUT2D eigenvalue weighted by molar-refractivity contribution is 0.240. The minimum absolute atomic E-state index is 0.160. The average molecular weight is 183 g/mol. The second kappa shape index (κ2) is 3.43. The van der Waals surface area contributed by atoms with Crippen molar-refractivity contribution in [1.82, 2.24) is 10.2 Å². The van der Waals surface area contributed by atoms with Gasteiger partial charge in [0.2, 0.25) is 11.8 Å². The molecular formula is C8H13N3O2. The van der Waals surface area contributed by atoms with E-state index in [-0.39, 0.29) is 6.61 Å². The zero-order valence-electron chi connectivity index (χ0n) is 7.31. The molecule has 1 aromatic heterocycles. The Morgan fingerprint density at radius 1 is 1.54 bits per heavy atom. The van der Waals surface area contributed by atoms with Crippen LogP contribution in [-0.2, 0) is 0 Å². The van der Waals surface area contributed by atoms with E-state index in [1.165, 1.54) is 6.42 Å². The van der Waals surface area contributed by atoms with Crippen LogP contribution in [0.15, 0.2) is 4.42 Å². The first-order chi connectivity index (χ1) is 6.31. The van der Waals surface area contributed by atoms with Gasteiger partial charge in [-0.05, 0) is 12.8 Å². The fourth-order valence-corrected chi connectivity index (χ4v) is 1.29. The number of aliphatic hydroxyl groups excluding tert-OH is 1. The van der Waals surface area contributed by atoms with Gasteiger partial charge >= 0.3 is 0 Å². The molecule has 1 aliphatic rings. The van der Waals surface area contributed by atoms with Crippen LogP contribution < -0.4 is 5.73 Å². The number of rotatable bonds is 3. The molecule has 5 nitrogen and oxygen atoms in total. The first-order valence-electron chi connectivity index (χ1n) is 4.51. The fourth-order valence-electron chi connectivity index (χ4n) is 1.29. The van der Waals surface area contributed by atoms with Gasteiger partial charge in [0.1, 0.15) is 6.04 Å². The Morgan fingerprint density at radius 2 is 2.31 bits per heavy atom. The summed E-state index contributed by atoms with van der Waals surface area (Å²) in [7, 11) is 0. The minimum atomic E-state index is -0.540. The SMILES string of the molecule is N[C@H](CO)c1nnc(C2CCC2)o1. The van der Waals surface area contributed by atoms with Crippen LogP contribution in [0.2, 0.25) is 0 Å². The highest BCUT2D eigenvalue weighted by molar-refractivity contribution is 4.97. The summed E-state index contributed by atoms with van der Waals surface area (Å²) in [5, 5.41) is 16.4. The van der Waals surface area contributed by atoms with Crippen LogP contribution in [0.25, 0.3) is 0 Å². The molecule has 2 rings (SSSR count). The smallest absolute Gasteiger partial charge is 0.235 e. The highest BCUT2D eigenvalue weighted by Gasteiger charge is 2.26. The minimum Gasteiger partial charge on any atom is -0.423 e. The van der Waals surface area contributed by atoms with Crippen molar-refractivity contribution in [2.24, 2.45) is 5.73 Å². The Bertz CT molecular complexity index is 263. The Labute approximate surface area is 76.0 Å². The summed E-state index contributed by atoms with van der Waals surface area (Å²) in [4.78, 5) is 0. The summed E-state index contributed by atoms with van der Waals surface area (Å²) in [5.74, 6) is 1.43. The molecule has 0 aromatic carbocycles. The van der Waals surface area contributed by atoms with Gasteiger partial charge in [-0.3, -0.25) is 0 Å². The summed E-state index contributed by atoms with van der Waals surface area (Å²) >= 11 is 0. The fraction of sp³-hybridized carbons (Fsp3) is 0.750. The number of hydrogen-bond acceptors (Lipinski definition) is 5. The van der Waals surface area contributed by atoms with E-state index in [2.05, 4.69) is 10.2 Å². The molecule has 0 bridgehead atoms. The molecule has 0 aliphatic heterocycles. The van der Waals surface area contributed by atoms with E-state index in [4.69, 9.17) is 15.3 Å². The third kappa shape index (κ3) is 1.57. The Morgan fingerprint density at radius 3 is 2.85 bits per heavy atom. The van der Waals surface area contributed by atoms with E-state index in [1.807, 2.05) is 0 Å². The van der Waals surface area contributed by atoms with E-state index >= 15 is 0 Å². The summed E-state index contributed by atoms with van der Waals surface area (Å²) in [6.45, 7) is -0.160. The van der Waals surface area contributed by atoms with E-state index < -0.39 is 6.04 Å². The third-order valence-corrected chi connectivity index (χ3v) is 2.42. The van der Waals surface area contributed by atoms with Crippen LogP contribution in [0.5, 0.6) is 0 Å². The molecule has 72 valence electrons. The van der Waals surface area contributed by atoms with Gasteiger partial charge in [0.15, 0.2) is 0 Å². The van der Waals surface area contributed by atoms with Crippen molar-refractivity contribution < 1.29 is 9.52 Å². The molecule has 0 radical (unpaired) electrons. The topological polar surface area (TPSA) is 85.2 Å². The molecule has 0 spiro atoms. The average Bonchev–Trinajstić information content (AvgIpc) is 2.49. The van der Waals surface area contributed by atoms with Gasteiger partial charge in [-0.25, -0.2) is 0 Å². The van der Waals surface area contributed by atoms with Gasteiger partial charge in [0.25, 0.3) is 0 Å². The lowest BCUT2D eigenvalue weighted by atomic mass is 9.85. The molecule has 1 fully saturated rings. The van der Waals surface area contributed by atoms with Crippen LogP contribution in [0.4, 0.5) is 0 Å². The standard InChI is InChI=1S/C8H13N3O2/c9-6(4-12)8-11-10-7(13-8)5-2-1-3-5/h5-6,12H,1-4,9H2/t6-/m1/s1. The highest BCUT2D eigenvalue weighted by atomic mass is 16.4. The van der Waals surface area contributed by atoms with Crippen molar-refractivity contribution in [2.45, 2.75) is 31.2 Å². The molecule has 1 aromatic rings. The highest BCUT2D eigenvalue weighted by Crippen LogP contribution is 2.35. The molecule has 0 saturated heterocycles. The van der Waals surface area contributed by atoms with Crippen molar-refractivity contribution in [2.75, 3.05) is 6.61 Å². The zero-order chi connectivity index (χ0) is 9.26. The number of aromatic nitrogens is 2. The van der Waals surface area contributed by atoms with Crippen LogP contribution in [0.3, 0.4) is 0 Å². The normalized spacial score (nSPS) is 19.8. The van der Waals surface area contributed by atoms with Crippen molar-refractivity contribution >= 4 is 0 Å². The molecular weight excluding hydrogens is 170 g/mol. The Balaban J connectivity index is 2.08. The van der Waals surface area contributed by atoms with E-state index in [0.29, 0.717) is 17.7 Å². The lowest BCUT2D eigenvalue weighted by Gasteiger charge is -2.20. The van der Waals surface area contributed by atoms with E-state index in [0.717, 1.165) is 12.8 Å². The van der Waals surface area contributed by atoms with Crippen LogP contribution in [0, 0.1) is 0 Å². The maximum absolute atomic E-state index is 8.75. The molecule has 5 heteroatoms. The first-order valence-corrected chi connectivity index (χ1v) is 4.51. The van der Waals surface area contributed by atoms with Crippen molar-refractivity contribution in [3.8, 4) is 0 Å². The molecule has 1 heterocycles. The van der Waals surface area contributed by atoms with Crippen molar-refractivity contribution in [1.29, 1.82) is 0 Å². The van der Waals surface area contributed by atoms with Gasteiger partial charge in [-0.15, -0.1) is 10.2 Å².